The first kappa shape index (κ1) is 18.0. The number of nitrogens with zero attached hydrogens (tertiary/aromatic N) is 1. The summed E-state index contributed by atoms with van der Waals surface area (Å²) in [6, 6.07) is 14.8. The number of hydrogen-bond donors (Lipinski definition) is 1. The molecule has 0 aliphatic carbocycles. The van der Waals surface area contributed by atoms with Crippen LogP contribution in [0.2, 0.25) is 0 Å². The van der Waals surface area contributed by atoms with E-state index < -0.39 is 15.8 Å². The van der Waals surface area contributed by atoms with E-state index >= 15 is 0 Å². The van der Waals surface area contributed by atoms with Gasteiger partial charge in [-0.1, -0.05) is 30.3 Å². The van der Waals surface area contributed by atoms with E-state index in [-0.39, 0.29) is 11.0 Å². The smallest absolute Gasteiger partial charge is 0.240 e. The van der Waals surface area contributed by atoms with E-state index in [9.17, 15) is 12.8 Å². The summed E-state index contributed by atoms with van der Waals surface area (Å²) in [5.74, 6) is -0.459. The Morgan fingerprint density at radius 1 is 1.12 bits per heavy atom. The fraction of sp³-hybridized carbons (Fsp3) is 0.333. The number of nitrogens with one attached hydrogen (secondary N) is 1. The predicted molar refractivity (Wildman–Crippen MR) is 93.2 cm³/mol. The van der Waals surface area contributed by atoms with Crippen molar-refractivity contribution in [3.63, 3.8) is 0 Å². The second-order valence-corrected chi connectivity index (χ2v) is 7.69. The second kappa shape index (κ2) is 8.05. The van der Waals surface area contributed by atoms with E-state index in [2.05, 4.69) is 9.62 Å². The minimum Gasteiger partial charge on any atom is -0.371 e. The lowest BCUT2D eigenvalue weighted by Gasteiger charge is -2.33. The fourth-order valence-electron chi connectivity index (χ4n) is 2.81. The first-order chi connectivity index (χ1) is 12.0. The molecule has 5 nitrogen and oxygen atoms in total. The van der Waals surface area contributed by atoms with Crippen molar-refractivity contribution in [2.75, 3.05) is 32.8 Å². The molecule has 1 aliphatic rings. The monoisotopic (exact) mass is 364 g/mol. The summed E-state index contributed by atoms with van der Waals surface area (Å²) in [5, 5.41) is 0. The van der Waals surface area contributed by atoms with Crippen LogP contribution in [0.5, 0.6) is 0 Å². The average molecular weight is 364 g/mol. The van der Waals surface area contributed by atoms with Crippen LogP contribution in [0.25, 0.3) is 0 Å². The summed E-state index contributed by atoms with van der Waals surface area (Å²) in [7, 11) is -3.62. The Morgan fingerprint density at radius 3 is 2.56 bits per heavy atom. The third-order valence-electron chi connectivity index (χ3n) is 4.17. The van der Waals surface area contributed by atoms with Crippen LogP contribution in [0.3, 0.4) is 0 Å². The molecule has 1 saturated heterocycles. The quantitative estimate of drug-likeness (QED) is 0.854. The third kappa shape index (κ3) is 4.85. The highest BCUT2D eigenvalue weighted by Gasteiger charge is 2.22. The van der Waals surface area contributed by atoms with Crippen molar-refractivity contribution in [2.24, 2.45) is 0 Å². The number of halogens is 1. The van der Waals surface area contributed by atoms with E-state index in [0.29, 0.717) is 19.7 Å². The average Bonchev–Trinajstić information content (AvgIpc) is 2.63. The van der Waals surface area contributed by atoms with Crippen molar-refractivity contribution in [2.45, 2.75) is 11.0 Å². The molecule has 1 atom stereocenters. The zero-order chi connectivity index (χ0) is 17.7. The molecule has 0 bridgehead atoms. The summed E-state index contributed by atoms with van der Waals surface area (Å²) in [6.45, 7) is 2.99. The highest BCUT2D eigenvalue weighted by atomic mass is 32.2. The van der Waals surface area contributed by atoms with Crippen LogP contribution in [-0.4, -0.2) is 46.1 Å². The maximum absolute atomic E-state index is 12.9. The van der Waals surface area contributed by atoms with Gasteiger partial charge in [0, 0.05) is 26.2 Å². The molecule has 1 aliphatic heterocycles. The molecule has 0 unspecified atom stereocenters. The van der Waals surface area contributed by atoms with Gasteiger partial charge in [-0.2, -0.15) is 0 Å². The van der Waals surface area contributed by atoms with Gasteiger partial charge >= 0.3 is 0 Å². The summed E-state index contributed by atoms with van der Waals surface area (Å²) >= 11 is 0. The minimum atomic E-state index is -3.62. The number of hydrogen-bond acceptors (Lipinski definition) is 4. The molecule has 2 aromatic rings. The molecule has 25 heavy (non-hydrogen) atoms. The van der Waals surface area contributed by atoms with Gasteiger partial charge in [-0.25, -0.2) is 17.5 Å². The van der Waals surface area contributed by atoms with Crippen LogP contribution in [0, 0.1) is 5.82 Å². The first-order valence-electron chi connectivity index (χ1n) is 8.19. The molecule has 1 heterocycles. The van der Waals surface area contributed by atoms with Gasteiger partial charge in [-0.3, -0.25) is 4.90 Å². The number of benzene rings is 2. The Balaban J connectivity index is 1.52. The number of rotatable bonds is 6. The molecule has 134 valence electrons. The van der Waals surface area contributed by atoms with Crippen LogP contribution < -0.4 is 4.72 Å². The van der Waals surface area contributed by atoms with Crippen molar-refractivity contribution in [1.29, 1.82) is 0 Å². The third-order valence-corrected chi connectivity index (χ3v) is 5.64. The zero-order valence-electron chi connectivity index (χ0n) is 13.8. The molecule has 1 N–H and O–H groups in total. The van der Waals surface area contributed by atoms with Gasteiger partial charge in [0.05, 0.1) is 17.6 Å². The Hall–Kier alpha value is -1.80. The summed E-state index contributed by atoms with van der Waals surface area (Å²) < 4.78 is 45.7. The van der Waals surface area contributed by atoms with Crippen molar-refractivity contribution in [1.82, 2.24) is 9.62 Å². The zero-order valence-corrected chi connectivity index (χ0v) is 14.6. The van der Waals surface area contributed by atoms with Gasteiger partial charge < -0.3 is 4.74 Å². The number of ether oxygens (including phenoxy) is 1. The molecular weight excluding hydrogens is 343 g/mol. The standard InChI is InChI=1S/C18H21FN2O3S/c19-16-6-8-17(9-7-16)25(22,23)20-10-11-21-12-13-24-18(14-21)15-4-2-1-3-5-15/h1-9,18,20H,10-14H2/t18-/m0/s1. The lowest BCUT2D eigenvalue weighted by molar-refractivity contribution is -0.0291. The summed E-state index contributed by atoms with van der Waals surface area (Å²) in [4.78, 5) is 2.24. The first-order valence-corrected chi connectivity index (χ1v) is 9.67. The van der Waals surface area contributed by atoms with Gasteiger partial charge in [-0.05, 0) is 29.8 Å². The number of sulfonamides is 1. The molecule has 7 heteroatoms. The van der Waals surface area contributed by atoms with E-state index in [1.165, 1.54) is 12.1 Å². The van der Waals surface area contributed by atoms with Crippen LogP contribution in [0.15, 0.2) is 59.5 Å². The predicted octanol–water partition coefficient (Wildman–Crippen LogP) is 2.18. The molecule has 0 amide bonds. The van der Waals surface area contributed by atoms with E-state index in [4.69, 9.17) is 4.74 Å². The van der Waals surface area contributed by atoms with Crippen molar-refractivity contribution >= 4 is 10.0 Å². The highest BCUT2D eigenvalue weighted by molar-refractivity contribution is 7.89. The molecule has 0 spiro atoms. The SMILES string of the molecule is O=S(=O)(NCCN1CCO[C@H](c2ccccc2)C1)c1ccc(F)cc1. The van der Waals surface area contributed by atoms with Gasteiger partial charge in [0.1, 0.15) is 5.82 Å². The van der Waals surface area contributed by atoms with Crippen LogP contribution in [-0.2, 0) is 14.8 Å². The largest absolute Gasteiger partial charge is 0.371 e. The summed E-state index contributed by atoms with van der Waals surface area (Å²) in [6.07, 6.45) is 0.00338. The van der Waals surface area contributed by atoms with E-state index in [1.807, 2.05) is 30.3 Å². The van der Waals surface area contributed by atoms with Gasteiger partial charge in [0.25, 0.3) is 0 Å². The number of morpholine rings is 1. The van der Waals surface area contributed by atoms with Crippen molar-refractivity contribution < 1.29 is 17.5 Å². The van der Waals surface area contributed by atoms with Gasteiger partial charge in [0.2, 0.25) is 10.0 Å². The van der Waals surface area contributed by atoms with Gasteiger partial charge in [-0.15, -0.1) is 0 Å². The normalized spacial score (nSPS) is 19.0. The van der Waals surface area contributed by atoms with Crippen LogP contribution in [0.4, 0.5) is 4.39 Å². The van der Waals surface area contributed by atoms with Crippen molar-refractivity contribution in [3.8, 4) is 0 Å². The molecular formula is C18H21FN2O3S. The topological polar surface area (TPSA) is 58.6 Å². The van der Waals surface area contributed by atoms with Crippen LogP contribution >= 0.6 is 0 Å². The van der Waals surface area contributed by atoms with Crippen molar-refractivity contribution in [3.05, 3.63) is 66.0 Å². The second-order valence-electron chi connectivity index (χ2n) is 5.92. The molecule has 1 fully saturated rings. The Kier molecular flexibility index (Phi) is 5.80. The molecule has 3 rings (SSSR count). The highest BCUT2D eigenvalue weighted by Crippen LogP contribution is 2.21. The van der Waals surface area contributed by atoms with Gasteiger partial charge in [0.15, 0.2) is 0 Å². The molecule has 0 aromatic heterocycles. The molecule has 0 saturated carbocycles. The van der Waals surface area contributed by atoms with E-state index in [0.717, 1.165) is 30.8 Å². The maximum atomic E-state index is 12.9. The fourth-order valence-corrected chi connectivity index (χ4v) is 3.83. The minimum absolute atomic E-state index is 0.00338. The van der Waals surface area contributed by atoms with E-state index in [1.54, 1.807) is 0 Å². The molecule has 2 aromatic carbocycles. The van der Waals surface area contributed by atoms with Crippen LogP contribution in [0.1, 0.15) is 11.7 Å². The lowest BCUT2D eigenvalue weighted by atomic mass is 10.1. The maximum Gasteiger partial charge on any atom is 0.240 e. The Bertz CT molecular complexity index is 782. The Labute approximate surface area is 147 Å². The Morgan fingerprint density at radius 2 is 1.84 bits per heavy atom. The summed E-state index contributed by atoms with van der Waals surface area (Å²) in [5.41, 5.74) is 1.12. The lowest BCUT2D eigenvalue weighted by Crippen LogP contribution is -2.42. The molecule has 0 radical (unpaired) electrons.